The minimum Gasteiger partial charge on any atom is -0.481 e. The third-order valence-electron chi connectivity index (χ3n) is 2.52. The summed E-state index contributed by atoms with van der Waals surface area (Å²) in [5.41, 5.74) is 10.7. The second kappa shape index (κ2) is 15.9. The van der Waals surface area contributed by atoms with E-state index in [4.69, 9.17) is 21.7 Å². The van der Waals surface area contributed by atoms with Crippen LogP contribution in [0.25, 0.3) is 0 Å². The van der Waals surface area contributed by atoms with Crippen molar-refractivity contribution < 1.29 is 19.8 Å². The molecule has 0 aliphatic heterocycles. The first-order valence-corrected chi connectivity index (χ1v) is 6.96. The Morgan fingerprint density at radius 3 is 1.45 bits per heavy atom. The molecule has 0 heterocycles. The molecular weight excluding hydrogens is 262 g/mol. The van der Waals surface area contributed by atoms with Crippen LogP contribution < -0.4 is 11.5 Å². The van der Waals surface area contributed by atoms with Crippen LogP contribution in [-0.4, -0.2) is 60.3 Å². The molecule has 7 nitrogen and oxygen atoms in total. The SMILES string of the molecule is CN(CCCN)CCCN.O=C(O)CCCCC(=O)O. The van der Waals surface area contributed by atoms with E-state index in [0.29, 0.717) is 12.8 Å². The fourth-order valence-electron chi connectivity index (χ4n) is 1.39. The van der Waals surface area contributed by atoms with E-state index in [0.717, 1.165) is 39.0 Å². The summed E-state index contributed by atoms with van der Waals surface area (Å²) < 4.78 is 0. The predicted octanol–water partition coefficient (Wildman–Crippen LogP) is 0.332. The molecule has 7 heteroatoms. The van der Waals surface area contributed by atoms with Crippen molar-refractivity contribution in [3.05, 3.63) is 0 Å². The Hall–Kier alpha value is -1.18. The van der Waals surface area contributed by atoms with Gasteiger partial charge in [0.15, 0.2) is 0 Å². The quantitative estimate of drug-likeness (QED) is 0.404. The minimum atomic E-state index is -0.870. The Balaban J connectivity index is 0. The molecule has 0 bridgehead atoms. The largest absolute Gasteiger partial charge is 0.481 e. The van der Waals surface area contributed by atoms with Crippen LogP contribution in [0, 0.1) is 0 Å². The monoisotopic (exact) mass is 291 g/mol. The van der Waals surface area contributed by atoms with Crippen LogP contribution in [0.3, 0.4) is 0 Å². The molecule has 0 aromatic heterocycles. The van der Waals surface area contributed by atoms with Crippen molar-refractivity contribution in [1.82, 2.24) is 4.90 Å². The van der Waals surface area contributed by atoms with E-state index in [1.807, 2.05) is 0 Å². The zero-order valence-corrected chi connectivity index (χ0v) is 12.4. The maximum atomic E-state index is 9.90. The molecule has 0 spiro atoms. The molecule has 0 rings (SSSR count). The van der Waals surface area contributed by atoms with Gasteiger partial charge in [-0.25, -0.2) is 0 Å². The zero-order valence-electron chi connectivity index (χ0n) is 12.4. The molecular formula is C13H29N3O4. The van der Waals surface area contributed by atoms with Crippen molar-refractivity contribution in [2.45, 2.75) is 38.5 Å². The van der Waals surface area contributed by atoms with Crippen LogP contribution in [-0.2, 0) is 9.59 Å². The summed E-state index contributed by atoms with van der Waals surface area (Å²) >= 11 is 0. The number of nitrogens with two attached hydrogens (primary N) is 2. The smallest absolute Gasteiger partial charge is 0.303 e. The van der Waals surface area contributed by atoms with Crippen molar-refractivity contribution in [2.75, 3.05) is 33.2 Å². The van der Waals surface area contributed by atoms with Gasteiger partial charge in [0.05, 0.1) is 0 Å². The molecule has 0 aliphatic rings. The second-order valence-electron chi connectivity index (χ2n) is 4.58. The number of carboxylic acids is 2. The summed E-state index contributed by atoms with van der Waals surface area (Å²) in [6, 6.07) is 0. The molecule has 0 fully saturated rings. The number of carboxylic acid groups (broad SMARTS) is 2. The Morgan fingerprint density at radius 1 is 0.850 bits per heavy atom. The van der Waals surface area contributed by atoms with Gasteiger partial charge in [-0.3, -0.25) is 9.59 Å². The Morgan fingerprint density at radius 2 is 1.20 bits per heavy atom. The summed E-state index contributed by atoms with van der Waals surface area (Å²) in [6.07, 6.45) is 3.19. The van der Waals surface area contributed by atoms with E-state index in [9.17, 15) is 9.59 Å². The molecule has 0 aromatic carbocycles. The molecule has 6 N–H and O–H groups in total. The summed E-state index contributed by atoms with van der Waals surface area (Å²) in [6.45, 7) is 3.76. The molecule has 0 atom stereocenters. The maximum absolute atomic E-state index is 9.90. The van der Waals surface area contributed by atoms with Crippen LogP contribution in [0.5, 0.6) is 0 Å². The van der Waals surface area contributed by atoms with E-state index >= 15 is 0 Å². The maximum Gasteiger partial charge on any atom is 0.303 e. The van der Waals surface area contributed by atoms with E-state index < -0.39 is 11.9 Å². The van der Waals surface area contributed by atoms with Crippen LogP contribution in [0.1, 0.15) is 38.5 Å². The second-order valence-corrected chi connectivity index (χ2v) is 4.58. The van der Waals surface area contributed by atoms with Gasteiger partial charge in [0.25, 0.3) is 0 Å². The van der Waals surface area contributed by atoms with Gasteiger partial charge in [-0.1, -0.05) is 0 Å². The van der Waals surface area contributed by atoms with Gasteiger partial charge >= 0.3 is 11.9 Å². The van der Waals surface area contributed by atoms with E-state index in [1.165, 1.54) is 0 Å². The van der Waals surface area contributed by atoms with Gasteiger partial charge in [-0.05, 0) is 58.9 Å². The highest BCUT2D eigenvalue weighted by Crippen LogP contribution is 1.98. The van der Waals surface area contributed by atoms with Gasteiger partial charge in [-0.2, -0.15) is 0 Å². The summed E-state index contributed by atoms with van der Waals surface area (Å²) in [5, 5.41) is 16.3. The first-order chi connectivity index (χ1) is 9.43. The van der Waals surface area contributed by atoms with E-state index in [2.05, 4.69) is 11.9 Å². The fraction of sp³-hybridized carbons (Fsp3) is 0.846. The highest BCUT2D eigenvalue weighted by Gasteiger charge is 1.99. The summed E-state index contributed by atoms with van der Waals surface area (Å²) in [5.74, 6) is -1.74. The topological polar surface area (TPSA) is 130 Å². The lowest BCUT2D eigenvalue weighted by molar-refractivity contribution is -0.139. The number of nitrogens with zero attached hydrogens (tertiary/aromatic N) is 1. The standard InChI is InChI=1S/C7H19N3.C6H10O4/c1-10(6-2-4-8)7-3-5-9;7-5(8)3-1-2-4-6(9)10/h2-9H2,1H3;1-4H2,(H,7,8)(H,9,10). The third-order valence-corrected chi connectivity index (χ3v) is 2.52. The van der Waals surface area contributed by atoms with Crippen LogP contribution in [0.4, 0.5) is 0 Å². The van der Waals surface area contributed by atoms with Crippen molar-refractivity contribution in [3.63, 3.8) is 0 Å². The van der Waals surface area contributed by atoms with Crippen LogP contribution in [0.15, 0.2) is 0 Å². The first-order valence-electron chi connectivity index (χ1n) is 6.96. The molecule has 0 radical (unpaired) electrons. The highest BCUT2D eigenvalue weighted by atomic mass is 16.4. The molecule has 0 saturated carbocycles. The average molecular weight is 291 g/mol. The zero-order chi connectivity index (χ0) is 15.8. The first kappa shape index (κ1) is 21.1. The number of rotatable bonds is 11. The van der Waals surface area contributed by atoms with E-state index in [1.54, 1.807) is 0 Å². The molecule has 0 aromatic rings. The number of carbonyl (C=O) groups is 2. The molecule has 120 valence electrons. The van der Waals surface area contributed by atoms with Crippen molar-refractivity contribution in [3.8, 4) is 0 Å². The fourth-order valence-corrected chi connectivity index (χ4v) is 1.39. The van der Waals surface area contributed by atoms with Crippen molar-refractivity contribution in [1.29, 1.82) is 0 Å². The summed E-state index contributed by atoms with van der Waals surface area (Å²) in [4.78, 5) is 22.1. The lowest BCUT2D eigenvalue weighted by Crippen LogP contribution is -2.24. The predicted molar refractivity (Wildman–Crippen MR) is 78.6 cm³/mol. The van der Waals surface area contributed by atoms with Crippen molar-refractivity contribution in [2.24, 2.45) is 11.5 Å². The Bertz CT molecular complexity index is 226. The number of aliphatic carboxylic acids is 2. The lowest BCUT2D eigenvalue weighted by Gasteiger charge is -2.14. The van der Waals surface area contributed by atoms with Crippen LogP contribution >= 0.6 is 0 Å². The minimum absolute atomic E-state index is 0.0628. The third kappa shape index (κ3) is 22.0. The van der Waals surface area contributed by atoms with Crippen molar-refractivity contribution >= 4 is 11.9 Å². The van der Waals surface area contributed by atoms with Gasteiger partial charge in [0.2, 0.25) is 0 Å². The van der Waals surface area contributed by atoms with Gasteiger partial charge < -0.3 is 26.6 Å². The number of unbranched alkanes of at least 4 members (excludes halogenated alkanes) is 1. The molecule has 0 saturated heterocycles. The Labute approximate surface area is 120 Å². The summed E-state index contributed by atoms with van der Waals surface area (Å²) in [7, 11) is 2.10. The molecule has 0 aliphatic carbocycles. The molecule has 0 unspecified atom stereocenters. The van der Waals surface area contributed by atoms with Crippen LogP contribution in [0.2, 0.25) is 0 Å². The number of hydrogen-bond donors (Lipinski definition) is 4. The molecule has 20 heavy (non-hydrogen) atoms. The lowest BCUT2D eigenvalue weighted by atomic mass is 10.2. The Kier molecular flexibility index (Phi) is 16.8. The normalized spacial score (nSPS) is 10.0. The van der Waals surface area contributed by atoms with E-state index in [-0.39, 0.29) is 12.8 Å². The number of hydrogen-bond acceptors (Lipinski definition) is 5. The highest BCUT2D eigenvalue weighted by molar-refractivity contribution is 5.67. The average Bonchev–Trinajstić information content (AvgIpc) is 2.39. The van der Waals surface area contributed by atoms with Gasteiger partial charge in [0.1, 0.15) is 0 Å². The van der Waals surface area contributed by atoms with Gasteiger partial charge in [-0.15, -0.1) is 0 Å². The van der Waals surface area contributed by atoms with Gasteiger partial charge in [0, 0.05) is 12.8 Å². The molecule has 0 amide bonds.